The topological polar surface area (TPSA) is 73.8 Å². The molecule has 2 fully saturated rings. The van der Waals surface area contributed by atoms with Gasteiger partial charge in [-0.15, -0.1) is 0 Å². The minimum Gasteiger partial charge on any atom is -0.369 e. The minimum absolute atomic E-state index is 0.156. The molecule has 1 aromatic heterocycles. The smallest absolute Gasteiger partial charge is 0.251 e. The first-order valence-corrected chi connectivity index (χ1v) is 11.4. The summed E-state index contributed by atoms with van der Waals surface area (Å²) in [4.78, 5) is 28.7. The zero-order valence-corrected chi connectivity index (χ0v) is 18.7. The fourth-order valence-electron chi connectivity index (χ4n) is 4.23. The van der Waals surface area contributed by atoms with Crippen LogP contribution in [0.25, 0.3) is 10.9 Å². The van der Waals surface area contributed by atoms with Crippen molar-refractivity contribution in [3.8, 4) is 0 Å². The Kier molecular flexibility index (Phi) is 7.32. The van der Waals surface area contributed by atoms with Crippen LogP contribution >= 0.6 is 0 Å². The first-order chi connectivity index (χ1) is 15.1. The van der Waals surface area contributed by atoms with Gasteiger partial charge in [-0.05, 0) is 52.0 Å². The maximum Gasteiger partial charge on any atom is 0.251 e. The largest absolute Gasteiger partial charge is 0.369 e. The van der Waals surface area contributed by atoms with Crippen LogP contribution in [0.2, 0.25) is 0 Å². The van der Waals surface area contributed by atoms with Crippen LogP contribution in [0.1, 0.15) is 25.1 Å². The molecule has 8 nitrogen and oxygen atoms in total. The van der Waals surface area contributed by atoms with E-state index >= 15 is 0 Å². The van der Waals surface area contributed by atoms with E-state index in [1.54, 1.807) is 0 Å². The van der Waals surface area contributed by atoms with Crippen LogP contribution in [0.15, 0.2) is 24.3 Å². The van der Waals surface area contributed by atoms with Crippen LogP contribution in [0.5, 0.6) is 0 Å². The van der Waals surface area contributed by atoms with E-state index in [0.29, 0.717) is 13.2 Å². The summed E-state index contributed by atoms with van der Waals surface area (Å²) in [6, 6.07) is 8.16. The molecular weight excluding hydrogens is 392 g/mol. The zero-order valence-electron chi connectivity index (χ0n) is 18.7. The highest BCUT2D eigenvalue weighted by Crippen LogP contribution is 2.21. The minimum atomic E-state index is -0.225. The Morgan fingerprint density at radius 1 is 1.19 bits per heavy atom. The molecule has 0 bridgehead atoms. The lowest BCUT2D eigenvalue weighted by Gasteiger charge is -2.35. The molecule has 31 heavy (non-hydrogen) atoms. The Morgan fingerprint density at radius 3 is 2.74 bits per heavy atom. The summed E-state index contributed by atoms with van der Waals surface area (Å²) in [5, 5.41) is 4.57. The monoisotopic (exact) mass is 426 g/mol. The molecule has 1 atom stereocenters. The van der Waals surface area contributed by atoms with Gasteiger partial charge in [0.15, 0.2) is 0 Å². The van der Waals surface area contributed by atoms with Crippen LogP contribution < -0.4 is 5.32 Å². The molecule has 0 saturated carbocycles. The van der Waals surface area contributed by atoms with Crippen molar-refractivity contribution < 1.29 is 9.53 Å². The summed E-state index contributed by atoms with van der Waals surface area (Å²) in [6.07, 6.45) is 2.67. The van der Waals surface area contributed by atoms with Gasteiger partial charge >= 0.3 is 0 Å². The highest BCUT2D eigenvalue weighted by molar-refractivity contribution is 5.89. The van der Waals surface area contributed by atoms with Gasteiger partial charge < -0.3 is 19.9 Å². The molecule has 2 saturated heterocycles. The Morgan fingerprint density at radius 2 is 2.00 bits per heavy atom. The Balaban J connectivity index is 1.37. The van der Waals surface area contributed by atoms with Crippen molar-refractivity contribution in [1.82, 2.24) is 24.7 Å². The normalized spacial score (nSPS) is 20.0. The van der Waals surface area contributed by atoms with E-state index < -0.39 is 0 Å². The summed E-state index contributed by atoms with van der Waals surface area (Å²) < 4.78 is 5.56. The van der Waals surface area contributed by atoms with Crippen LogP contribution in [0.4, 0.5) is 5.82 Å². The van der Waals surface area contributed by atoms with Crippen LogP contribution in [-0.4, -0.2) is 96.6 Å². The van der Waals surface area contributed by atoms with Crippen molar-refractivity contribution >= 4 is 22.6 Å². The number of piperazine rings is 1. The number of hydrogen-bond acceptors (Lipinski definition) is 7. The summed E-state index contributed by atoms with van der Waals surface area (Å²) in [6.45, 7) is 6.46. The number of nitrogens with one attached hydrogen (secondary N) is 1. The summed E-state index contributed by atoms with van der Waals surface area (Å²) in [7, 11) is 4.18. The molecule has 1 unspecified atom stereocenters. The lowest BCUT2D eigenvalue weighted by molar-refractivity contribution is -0.142. The molecule has 0 radical (unpaired) electrons. The van der Waals surface area contributed by atoms with Crippen molar-refractivity contribution in [1.29, 1.82) is 0 Å². The van der Waals surface area contributed by atoms with Gasteiger partial charge in [0, 0.05) is 44.7 Å². The molecule has 8 heteroatoms. The third kappa shape index (κ3) is 5.70. The Labute approximate surface area is 184 Å². The molecule has 168 valence electrons. The number of aromatic nitrogens is 2. The number of nitrogens with zero attached hydrogens (tertiary/aromatic N) is 5. The third-order valence-corrected chi connectivity index (χ3v) is 5.98. The molecule has 1 amide bonds. The first kappa shape index (κ1) is 21.9. The van der Waals surface area contributed by atoms with Gasteiger partial charge in [0.1, 0.15) is 17.7 Å². The molecule has 0 spiro atoms. The molecular formula is C23H34N6O2. The number of benzene rings is 1. The number of fused-ring (bicyclic) bond motifs is 1. The van der Waals surface area contributed by atoms with Crippen LogP contribution in [0.3, 0.4) is 0 Å². The second-order valence-electron chi connectivity index (χ2n) is 8.69. The number of ether oxygens (including phenoxy) is 1. The molecule has 3 heterocycles. The van der Waals surface area contributed by atoms with E-state index in [1.165, 1.54) is 0 Å². The quantitative estimate of drug-likeness (QED) is 0.646. The Hall–Kier alpha value is -2.29. The summed E-state index contributed by atoms with van der Waals surface area (Å²) in [5.41, 5.74) is 0.967. The summed E-state index contributed by atoms with van der Waals surface area (Å²) in [5.74, 6) is 1.89. The van der Waals surface area contributed by atoms with Crippen molar-refractivity contribution in [3.63, 3.8) is 0 Å². The molecule has 0 aliphatic carbocycles. The average Bonchev–Trinajstić information content (AvgIpc) is 3.31. The fourth-order valence-corrected chi connectivity index (χ4v) is 4.23. The van der Waals surface area contributed by atoms with Gasteiger partial charge in [-0.2, -0.15) is 0 Å². The van der Waals surface area contributed by atoms with Gasteiger partial charge in [0.25, 0.3) is 5.91 Å². The number of anilines is 1. The van der Waals surface area contributed by atoms with E-state index in [2.05, 4.69) is 35.3 Å². The maximum absolute atomic E-state index is 12.6. The second kappa shape index (κ2) is 10.3. The summed E-state index contributed by atoms with van der Waals surface area (Å²) >= 11 is 0. The lowest BCUT2D eigenvalue weighted by Crippen LogP contribution is -2.51. The molecule has 2 aromatic rings. The SMILES string of the molecule is CN(C)CCCNc1nc(CN2CCN(C(=O)C3CCCO3)CC2)nc2ccccc12. The van der Waals surface area contributed by atoms with Gasteiger partial charge in [0.05, 0.1) is 12.1 Å². The van der Waals surface area contributed by atoms with E-state index in [0.717, 1.165) is 81.1 Å². The van der Waals surface area contributed by atoms with Crippen molar-refractivity contribution in [2.45, 2.75) is 31.9 Å². The number of hydrogen-bond donors (Lipinski definition) is 1. The van der Waals surface area contributed by atoms with Crippen LogP contribution in [0, 0.1) is 0 Å². The second-order valence-corrected chi connectivity index (χ2v) is 8.69. The van der Waals surface area contributed by atoms with Gasteiger partial charge in [0.2, 0.25) is 0 Å². The standard InChI is InChI=1S/C23H34N6O2/c1-27(2)11-6-10-24-22-18-7-3-4-8-19(18)25-21(26-22)17-28-12-14-29(15-13-28)23(30)20-9-5-16-31-20/h3-4,7-8,20H,5-6,9-17H2,1-2H3,(H,24,25,26). The van der Waals surface area contributed by atoms with E-state index in [9.17, 15) is 4.79 Å². The maximum atomic E-state index is 12.6. The highest BCUT2D eigenvalue weighted by atomic mass is 16.5. The van der Waals surface area contributed by atoms with Crippen LogP contribution in [-0.2, 0) is 16.1 Å². The molecule has 1 aromatic carbocycles. The number of carbonyl (C=O) groups is 1. The van der Waals surface area contributed by atoms with E-state index in [4.69, 9.17) is 14.7 Å². The predicted molar refractivity (Wildman–Crippen MR) is 122 cm³/mol. The zero-order chi connectivity index (χ0) is 21.6. The number of para-hydroxylation sites is 1. The molecule has 2 aliphatic heterocycles. The van der Waals surface area contributed by atoms with Gasteiger partial charge in [-0.3, -0.25) is 9.69 Å². The predicted octanol–water partition coefficient (Wildman–Crippen LogP) is 1.82. The molecule has 4 rings (SSSR count). The molecule has 1 N–H and O–H groups in total. The number of carbonyl (C=O) groups excluding carboxylic acids is 1. The van der Waals surface area contributed by atoms with Crippen molar-refractivity contribution in [3.05, 3.63) is 30.1 Å². The molecule has 2 aliphatic rings. The average molecular weight is 427 g/mol. The highest BCUT2D eigenvalue weighted by Gasteiger charge is 2.30. The number of amides is 1. The third-order valence-electron chi connectivity index (χ3n) is 5.98. The fraction of sp³-hybridized carbons (Fsp3) is 0.609. The van der Waals surface area contributed by atoms with Gasteiger partial charge in [-0.1, -0.05) is 12.1 Å². The lowest BCUT2D eigenvalue weighted by atomic mass is 10.2. The van der Waals surface area contributed by atoms with E-state index in [1.807, 2.05) is 23.1 Å². The Bertz CT molecular complexity index is 875. The van der Waals surface area contributed by atoms with Crippen molar-refractivity contribution in [2.24, 2.45) is 0 Å². The number of rotatable bonds is 8. The van der Waals surface area contributed by atoms with Crippen molar-refractivity contribution in [2.75, 3.05) is 65.3 Å². The van der Waals surface area contributed by atoms with Gasteiger partial charge in [-0.25, -0.2) is 9.97 Å². The van der Waals surface area contributed by atoms with E-state index in [-0.39, 0.29) is 12.0 Å². The first-order valence-electron chi connectivity index (χ1n) is 11.4.